The van der Waals surface area contributed by atoms with Crippen molar-refractivity contribution in [1.82, 2.24) is 20.0 Å². The van der Waals surface area contributed by atoms with Crippen molar-refractivity contribution >= 4 is 29.3 Å². The van der Waals surface area contributed by atoms with Crippen LogP contribution in [0.1, 0.15) is 28.4 Å². The average Bonchev–Trinajstić information content (AvgIpc) is 3.42. The van der Waals surface area contributed by atoms with E-state index in [4.69, 9.17) is 20.8 Å². The Morgan fingerprint density at radius 3 is 2.63 bits per heavy atom. The van der Waals surface area contributed by atoms with E-state index in [2.05, 4.69) is 15.3 Å². The largest absolute Gasteiger partial charge is 0.452 e. The molecule has 0 radical (unpaired) electrons. The monoisotopic (exact) mass is 493 g/mol. The average molecular weight is 494 g/mol. The molecule has 2 heterocycles. The molecule has 4 aromatic rings. The number of benzene rings is 2. The van der Waals surface area contributed by atoms with E-state index in [1.54, 1.807) is 6.08 Å². The second-order valence-corrected chi connectivity index (χ2v) is 7.99. The van der Waals surface area contributed by atoms with Crippen molar-refractivity contribution < 1.29 is 18.9 Å². The van der Waals surface area contributed by atoms with E-state index in [1.165, 1.54) is 30.3 Å². The van der Waals surface area contributed by atoms with Crippen molar-refractivity contribution in [2.24, 2.45) is 0 Å². The van der Waals surface area contributed by atoms with Gasteiger partial charge in [-0.2, -0.15) is 5.10 Å². The highest BCUT2D eigenvalue weighted by molar-refractivity contribution is 6.31. The van der Waals surface area contributed by atoms with Crippen LogP contribution >= 0.6 is 11.6 Å². The Kier molecular flexibility index (Phi) is 7.02. The van der Waals surface area contributed by atoms with Crippen LogP contribution in [0.3, 0.4) is 0 Å². The van der Waals surface area contributed by atoms with Gasteiger partial charge in [-0.3, -0.25) is 14.8 Å². The van der Waals surface area contributed by atoms with Gasteiger partial charge >= 0.3 is 5.97 Å². The lowest BCUT2D eigenvalue weighted by molar-refractivity contribution is -0.384. The lowest BCUT2D eigenvalue weighted by Gasteiger charge is -2.06. The fourth-order valence-corrected chi connectivity index (χ4v) is 3.58. The maximum absolute atomic E-state index is 12.2. The van der Waals surface area contributed by atoms with Crippen molar-refractivity contribution in [2.75, 3.05) is 0 Å². The molecule has 0 bridgehead atoms. The van der Waals surface area contributed by atoms with Crippen molar-refractivity contribution in [2.45, 2.75) is 27.0 Å². The predicted octanol–water partition coefficient (Wildman–Crippen LogP) is 4.92. The van der Waals surface area contributed by atoms with Crippen LogP contribution in [-0.2, 0) is 22.7 Å². The molecule has 0 saturated heterocycles. The molecule has 0 unspecified atom stereocenters. The number of carbonyl (C=O) groups excluding carboxylic acids is 1. The molecular weight excluding hydrogens is 474 g/mol. The summed E-state index contributed by atoms with van der Waals surface area (Å²) in [5, 5.41) is 23.7. The summed E-state index contributed by atoms with van der Waals surface area (Å²) in [6.45, 7) is 4.07. The molecule has 0 N–H and O–H groups in total. The van der Waals surface area contributed by atoms with E-state index < -0.39 is 10.9 Å². The molecule has 178 valence electrons. The topological polar surface area (TPSA) is 126 Å². The van der Waals surface area contributed by atoms with Crippen molar-refractivity contribution in [1.29, 1.82) is 0 Å². The Morgan fingerprint density at radius 2 is 1.91 bits per heavy atom. The number of nitrogens with zero attached hydrogens (tertiary/aromatic N) is 5. The summed E-state index contributed by atoms with van der Waals surface area (Å²) in [6, 6.07) is 13.2. The minimum absolute atomic E-state index is 0.0471. The molecule has 0 amide bonds. The normalized spacial score (nSPS) is 11.2. The predicted molar refractivity (Wildman–Crippen MR) is 127 cm³/mol. The zero-order valence-electron chi connectivity index (χ0n) is 18.8. The molecule has 0 atom stereocenters. The summed E-state index contributed by atoms with van der Waals surface area (Å²) in [4.78, 5) is 22.5. The number of halogens is 1. The number of non-ortho nitro benzene ring substituents is 1. The zero-order valence-corrected chi connectivity index (χ0v) is 19.6. The van der Waals surface area contributed by atoms with Crippen LogP contribution < -0.4 is 0 Å². The SMILES string of the molecule is Cc1nn(Cc2ccccc2Cl)c(C)c1C=CC(=O)OCc1nnc(-c2ccc([N+](=O)[O-])cc2)o1. The Bertz CT molecular complexity index is 1410. The van der Waals surface area contributed by atoms with Gasteiger partial charge in [-0.25, -0.2) is 4.79 Å². The number of nitro groups is 1. The van der Waals surface area contributed by atoms with Gasteiger partial charge in [0.15, 0.2) is 6.61 Å². The van der Waals surface area contributed by atoms with Gasteiger partial charge in [-0.15, -0.1) is 10.2 Å². The summed E-state index contributed by atoms with van der Waals surface area (Å²) < 4.78 is 12.5. The molecule has 0 aliphatic carbocycles. The fourth-order valence-electron chi connectivity index (χ4n) is 3.38. The number of hydrogen-bond donors (Lipinski definition) is 0. The van der Waals surface area contributed by atoms with E-state index in [-0.39, 0.29) is 24.1 Å². The van der Waals surface area contributed by atoms with Gasteiger partial charge in [-0.05, 0) is 43.7 Å². The zero-order chi connectivity index (χ0) is 24.9. The molecule has 0 spiro atoms. The number of hydrogen-bond acceptors (Lipinski definition) is 8. The van der Waals surface area contributed by atoms with E-state index in [1.807, 2.05) is 42.8 Å². The molecule has 2 aromatic heterocycles. The summed E-state index contributed by atoms with van der Waals surface area (Å²) >= 11 is 6.26. The second kappa shape index (κ2) is 10.3. The standard InChI is InChI=1S/C24H20ClN5O5/c1-15-20(16(2)29(28-15)13-18-5-3-4-6-21(18)25)11-12-23(31)34-14-22-26-27-24(35-22)17-7-9-19(10-8-17)30(32)33/h3-12H,13-14H2,1-2H3. The maximum Gasteiger partial charge on any atom is 0.331 e. The molecule has 10 nitrogen and oxygen atoms in total. The van der Waals surface area contributed by atoms with Crippen LogP contribution in [-0.4, -0.2) is 30.9 Å². The first kappa shape index (κ1) is 23.8. The minimum Gasteiger partial charge on any atom is -0.452 e. The highest BCUT2D eigenvalue weighted by Crippen LogP contribution is 2.22. The van der Waals surface area contributed by atoms with Gasteiger partial charge in [-0.1, -0.05) is 29.8 Å². The fraction of sp³-hybridized carbons (Fsp3) is 0.167. The van der Waals surface area contributed by atoms with Crippen molar-refractivity contribution in [3.63, 3.8) is 0 Å². The number of rotatable bonds is 8. The minimum atomic E-state index is -0.585. The smallest absolute Gasteiger partial charge is 0.331 e. The third-order valence-electron chi connectivity index (χ3n) is 5.23. The number of esters is 1. The first-order valence-corrected chi connectivity index (χ1v) is 10.9. The first-order chi connectivity index (χ1) is 16.8. The van der Waals surface area contributed by atoms with Gasteiger partial charge in [0.2, 0.25) is 5.89 Å². The lowest BCUT2D eigenvalue weighted by atomic mass is 10.1. The molecular formula is C24H20ClN5O5. The van der Waals surface area contributed by atoms with Gasteiger partial charge in [0.25, 0.3) is 11.6 Å². The number of ether oxygens (including phenoxy) is 1. The van der Waals surface area contributed by atoms with Crippen molar-refractivity contribution in [3.05, 3.63) is 98.1 Å². The molecule has 11 heteroatoms. The maximum atomic E-state index is 12.2. The summed E-state index contributed by atoms with van der Waals surface area (Å²) in [7, 11) is 0. The molecule has 4 rings (SSSR count). The number of aromatic nitrogens is 4. The molecule has 2 aromatic carbocycles. The highest BCUT2D eigenvalue weighted by atomic mass is 35.5. The molecule has 0 saturated carbocycles. The van der Waals surface area contributed by atoms with Crippen molar-refractivity contribution in [3.8, 4) is 11.5 Å². The summed E-state index contributed by atoms with van der Waals surface area (Å²) in [6.07, 6.45) is 2.96. The third kappa shape index (κ3) is 5.61. The van der Waals surface area contributed by atoms with Crippen LogP contribution in [0.4, 0.5) is 5.69 Å². The Morgan fingerprint density at radius 1 is 1.17 bits per heavy atom. The van der Waals surface area contributed by atoms with Crippen LogP contribution in [0.2, 0.25) is 5.02 Å². The summed E-state index contributed by atoms with van der Waals surface area (Å²) in [5.74, 6) is -0.323. The Balaban J connectivity index is 1.37. The van der Waals surface area contributed by atoms with E-state index in [9.17, 15) is 14.9 Å². The van der Waals surface area contributed by atoms with Gasteiger partial charge in [0.05, 0.1) is 17.2 Å². The quantitative estimate of drug-likeness (QED) is 0.146. The number of nitro benzene ring substituents is 1. The Hall–Kier alpha value is -4.31. The molecule has 0 aliphatic rings. The lowest BCUT2D eigenvalue weighted by Crippen LogP contribution is -2.04. The highest BCUT2D eigenvalue weighted by Gasteiger charge is 2.14. The van der Waals surface area contributed by atoms with E-state index in [0.29, 0.717) is 17.1 Å². The molecule has 0 aliphatic heterocycles. The number of aryl methyl sites for hydroxylation is 1. The van der Waals surface area contributed by atoms with Crippen LogP contribution in [0.15, 0.2) is 59.0 Å². The molecule has 35 heavy (non-hydrogen) atoms. The second-order valence-electron chi connectivity index (χ2n) is 7.58. The van der Waals surface area contributed by atoms with E-state index in [0.717, 1.165) is 22.5 Å². The van der Waals surface area contributed by atoms with E-state index >= 15 is 0 Å². The number of carbonyl (C=O) groups is 1. The van der Waals surface area contributed by atoms with Gasteiger partial charge < -0.3 is 9.15 Å². The van der Waals surface area contributed by atoms with Gasteiger partial charge in [0, 0.05) is 40.1 Å². The van der Waals surface area contributed by atoms with Crippen LogP contribution in [0.25, 0.3) is 17.5 Å². The van der Waals surface area contributed by atoms with Crippen LogP contribution in [0.5, 0.6) is 0 Å². The molecule has 0 fully saturated rings. The summed E-state index contributed by atoms with van der Waals surface area (Å²) in [5.41, 5.74) is 3.88. The Labute approximate surface area is 205 Å². The van der Waals surface area contributed by atoms with Gasteiger partial charge in [0.1, 0.15) is 0 Å². The first-order valence-electron chi connectivity index (χ1n) is 10.5. The van der Waals surface area contributed by atoms with Crippen LogP contribution in [0, 0.1) is 24.0 Å². The third-order valence-corrected chi connectivity index (χ3v) is 5.60.